The smallest absolute Gasteiger partial charge is 0.197 e. The molecule has 1 heterocycles. The maximum atomic E-state index is 9.81. The van der Waals surface area contributed by atoms with Crippen LogP contribution < -0.4 is 0 Å². The third-order valence-corrected chi connectivity index (χ3v) is 4.01. The molecule has 14 heavy (non-hydrogen) atoms. The van der Waals surface area contributed by atoms with E-state index in [2.05, 4.69) is 19.9 Å². The van der Waals surface area contributed by atoms with Gasteiger partial charge in [-0.2, -0.15) is 0 Å². The van der Waals surface area contributed by atoms with E-state index in [-0.39, 0.29) is 5.60 Å². The van der Waals surface area contributed by atoms with Gasteiger partial charge in [-0.05, 0) is 40.0 Å². The molecule has 1 unspecified atom stereocenters. The molecule has 0 aromatic carbocycles. The van der Waals surface area contributed by atoms with Crippen molar-refractivity contribution in [3.05, 3.63) is 11.4 Å². The molecular weight excluding hydrogens is 195 g/mol. The molecule has 0 fully saturated rings. The fourth-order valence-electron chi connectivity index (χ4n) is 1.61. The van der Waals surface area contributed by atoms with Crippen LogP contribution in [0.5, 0.6) is 0 Å². The summed E-state index contributed by atoms with van der Waals surface area (Å²) in [5.41, 5.74) is -0.174. The van der Waals surface area contributed by atoms with Gasteiger partial charge in [0.25, 0.3) is 0 Å². The quantitative estimate of drug-likeness (QED) is 0.621. The van der Waals surface area contributed by atoms with Crippen molar-refractivity contribution in [2.75, 3.05) is 0 Å². The second-order valence-corrected chi connectivity index (χ2v) is 6.00. The van der Waals surface area contributed by atoms with Gasteiger partial charge in [0, 0.05) is 5.31 Å². The first-order chi connectivity index (χ1) is 6.51. The summed E-state index contributed by atoms with van der Waals surface area (Å²) >= 11 is 0. The maximum absolute atomic E-state index is 9.81. The summed E-state index contributed by atoms with van der Waals surface area (Å²) in [4.78, 5) is 9.81. The van der Waals surface area contributed by atoms with Crippen molar-refractivity contribution >= 4 is 8.38 Å². The zero-order chi connectivity index (χ0) is 10.6. The van der Waals surface area contributed by atoms with Crippen LogP contribution in [0.4, 0.5) is 0 Å². The molecule has 0 radical (unpaired) electrons. The van der Waals surface area contributed by atoms with E-state index in [9.17, 15) is 4.89 Å². The Hall–Kier alpha value is 0.0900. The number of allylic oxidation sites excluding steroid dienone is 2. The highest BCUT2D eigenvalue weighted by Crippen LogP contribution is 2.46. The average molecular weight is 216 g/mol. The molecule has 1 atom stereocenters. The molecule has 82 valence electrons. The Kier molecular flexibility index (Phi) is 4.56. The topological polar surface area (TPSA) is 29.5 Å². The van der Waals surface area contributed by atoms with Crippen molar-refractivity contribution < 1.29 is 9.42 Å². The molecule has 3 heteroatoms. The lowest BCUT2D eigenvalue weighted by Crippen LogP contribution is -2.22. The third-order valence-electron chi connectivity index (χ3n) is 2.56. The average Bonchev–Trinajstić information content (AvgIpc) is 2.08. The molecule has 1 N–H and O–H groups in total. The van der Waals surface area contributed by atoms with Crippen LogP contribution >= 0.6 is 8.38 Å². The minimum Gasteiger partial charge on any atom is -0.347 e. The second-order valence-electron chi connectivity index (χ2n) is 4.57. The van der Waals surface area contributed by atoms with Gasteiger partial charge in [-0.15, -0.1) is 0 Å². The van der Waals surface area contributed by atoms with E-state index in [0.717, 1.165) is 18.2 Å². The van der Waals surface area contributed by atoms with Crippen LogP contribution in [-0.2, 0) is 4.52 Å². The molecule has 0 bridgehead atoms. The van der Waals surface area contributed by atoms with Crippen LogP contribution in [0.2, 0.25) is 0 Å². The molecular formula is C11H21O2P. The van der Waals surface area contributed by atoms with E-state index in [1.807, 2.05) is 6.92 Å². The van der Waals surface area contributed by atoms with Crippen LogP contribution in [0.1, 0.15) is 52.9 Å². The largest absolute Gasteiger partial charge is 0.347 e. The minimum absolute atomic E-state index is 0.174. The highest BCUT2D eigenvalue weighted by molar-refractivity contribution is 7.51. The summed E-state index contributed by atoms with van der Waals surface area (Å²) in [6.07, 6.45) is 7.93. The van der Waals surface area contributed by atoms with Gasteiger partial charge in [-0.3, -0.25) is 0 Å². The molecule has 1 aliphatic heterocycles. The van der Waals surface area contributed by atoms with Crippen LogP contribution in [0.3, 0.4) is 0 Å². The standard InChI is InChI=1S/C11H21O2P/c1-10-8-6-4-5-7-9-11(2,3)13-14(10)12/h8,12H,4-7,9H2,1-3H3/b10-8+. The van der Waals surface area contributed by atoms with Crippen molar-refractivity contribution in [1.82, 2.24) is 0 Å². The Bertz CT molecular complexity index is 211. The minimum atomic E-state index is -1.35. The highest BCUT2D eigenvalue weighted by atomic mass is 31.2. The van der Waals surface area contributed by atoms with Gasteiger partial charge in [-0.1, -0.05) is 18.9 Å². The van der Waals surface area contributed by atoms with Crippen molar-refractivity contribution in [2.24, 2.45) is 0 Å². The first kappa shape index (κ1) is 12.2. The molecule has 0 aromatic heterocycles. The van der Waals surface area contributed by atoms with Gasteiger partial charge < -0.3 is 9.42 Å². The predicted octanol–water partition coefficient (Wildman–Crippen LogP) is 3.95. The summed E-state index contributed by atoms with van der Waals surface area (Å²) in [5, 5.41) is 1.01. The Morgan fingerprint density at radius 3 is 2.79 bits per heavy atom. The van der Waals surface area contributed by atoms with Crippen LogP contribution in [0.15, 0.2) is 11.4 Å². The second kappa shape index (κ2) is 5.25. The zero-order valence-corrected chi connectivity index (χ0v) is 10.3. The van der Waals surface area contributed by atoms with Crippen LogP contribution in [0, 0.1) is 0 Å². The van der Waals surface area contributed by atoms with Crippen molar-refractivity contribution in [3.8, 4) is 0 Å². The molecule has 0 aromatic rings. The van der Waals surface area contributed by atoms with Gasteiger partial charge in [0.05, 0.1) is 5.60 Å². The first-order valence-corrected chi connectivity index (χ1v) is 6.57. The molecule has 0 spiro atoms. The van der Waals surface area contributed by atoms with Crippen molar-refractivity contribution in [2.45, 2.75) is 58.5 Å². The Labute approximate surface area is 88.3 Å². The summed E-state index contributed by atoms with van der Waals surface area (Å²) < 4.78 is 5.68. The van der Waals surface area contributed by atoms with E-state index in [4.69, 9.17) is 4.52 Å². The Morgan fingerprint density at radius 1 is 1.36 bits per heavy atom. The molecule has 0 saturated heterocycles. The van der Waals surface area contributed by atoms with E-state index < -0.39 is 8.38 Å². The predicted molar refractivity (Wildman–Crippen MR) is 61.1 cm³/mol. The van der Waals surface area contributed by atoms with E-state index in [0.29, 0.717) is 0 Å². The Morgan fingerprint density at radius 2 is 2.07 bits per heavy atom. The lowest BCUT2D eigenvalue weighted by Gasteiger charge is -2.28. The van der Waals surface area contributed by atoms with Gasteiger partial charge in [0.2, 0.25) is 0 Å². The summed E-state index contributed by atoms with van der Waals surface area (Å²) in [7, 11) is -1.35. The lowest BCUT2D eigenvalue weighted by molar-refractivity contribution is 0.0998. The lowest BCUT2D eigenvalue weighted by atomic mass is 10.0. The third kappa shape index (κ3) is 4.08. The van der Waals surface area contributed by atoms with Gasteiger partial charge in [0.1, 0.15) is 0 Å². The fraction of sp³-hybridized carbons (Fsp3) is 0.818. The SMILES string of the molecule is C/C1=C\CCCCCC(C)(C)OP1O. The fourth-order valence-corrected chi connectivity index (χ4v) is 2.60. The monoisotopic (exact) mass is 216 g/mol. The molecule has 1 aliphatic rings. The van der Waals surface area contributed by atoms with Gasteiger partial charge in [-0.25, -0.2) is 0 Å². The first-order valence-electron chi connectivity index (χ1n) is 5.36. The van der Waals surface area contributed by atoms with Gasteiger partial charge in [0.15, 0.2) is 8.38 Å². The van der Waals surface area contributed by atoms with Crippen LogP contribution in [-0.4, -0.2) is 10.5 Å². The summed E-state index contributed by atoms with van der Waals surface area (Å²) in [5.74, 6) is 0. The summed E-state index contributed by atoms with van der Waals surface area (Å²) in [6, 6.07) is 0. The van der Waals surface area contributed by atoms with E-state index in [1.165, 1.54) is 19.3 Å². The molecule has 0 amide bonds. The van der Waals surface area contributed by atoms with E-state index in [1.54, 1.807) is 0 Å². The molecule has 0 aliphatic carbocycles. The van der Waals surface area contributed by atoms with Crippen molar-refractivity contribution in [3.63, 3.8) is 0 Å². The zero-order valence-electron chi connectivity index (χ0n) is 9.42. The van der Waals surface area contributed by atoms with E-state index >= 15 is 0 Å². The number of rotatable bonds is 0. The maximum Gasteiger partial charge on any atom is 0.197 e. The molecule has 1 rings (SSSR count). The summed E-state index contributed by atoms with van der Waals surface area (Å²) in [6.45, 7) is 6.09. The number of hydrogen-bond acceptors (Lipinski definition) is 2. The van der Waals surface area contributed by atoms with Gasteiger partial charge >= 0.3 is 0 Å². The van der Waals surface area contributed by atoms with Crippen molar-refractivity contribution in [1.29, 1.82) is 0 Å². The Balaban J connectivity index is 2.65. The molecule has 0 saturated carbocycles. The van der Waals surface area contributed by atoms with Crippen LogP contribution in [0.25, 0.3) is 0 Å². The molecule has 2 nitrogen and oxygen atoms in total. The number of hydrogen-bond donors (Lipinski definition) is 1. The highest BCUT2D eigenvalue weighted by Gasteiger charge is 2.24. The normalized spacial score (nSPS) is 33.1.